The Kier molecular flexibility index (Phi) is 6.86. The molecular weight excluding hydrogens is 298 g/mol. The van der Waals surface area contributed by atoms with Gasteiger partial charge in [0.15, 0.2) is 0 Å². The zero-order chi connectivity index (χ0) is 17.4. The number of amides is 1. The van der Waals surface area contributed by atoms with Crippen LogP contribution in [0.3, 0.4) is 0 Å². The maximum atomic E-state index is 12.4. The van der Waals surface area contributed by atoms with Crippen molar-refractivity contribution in [1.82, 2.24) is 4.90 Å². The summed E-state index contributed by atoms with van der Waals surface area (Å²) in [6, 6.07) is 16.4. The molecule has 0 aromatic heterocycles. The summed E-state index contributed by atoms with van der Waals surface area (Å²) in [6.45, 7) is 5.40. The van der Waals surface area contributed by atoms with Crippen LogP contribution in [0.1, 0.15) is 37.0 Å². The number of hydrogen-bond acceptors (Lipinski definition) is 2. The summed E-state index contributed by atoms with van der Waals surface area (Å²) in [5, 5.41) is 0. The summed E-state index contributed by atoms with van der Waals surface area (Å²) in [7, 11) is 1.87. The van der Waals surface area contributed by atoms with E-state index in [4.69, 9.17) is 4.74 Å². The third kappa shape index (κ3) is 5.12. The minimum absolute atomic E-state index is 0.154. The molecular formula is C21H27NO2. The van der Waals surface area contributed by atoms with Gasteiger partial charge < -0.3 is 9.64 Å². The standard InChI is InChI=1S/C21H27NO2/c1-4-17-10-12-18(13-11-17)16-22(3)21(23)15-14-19-8-6-7-9-20(19)24-5-2/h6-13H,4-5,14-16H2,1-3H3. The second-order valence-corrected chi connectivity index (χ2v) is 5.96. The zero-order valence-electron chi connectivity index (χ0n) is 14.9. The Morgan fingerprint density at radius 2 is 1.67 bits per heavy atom. The average molecular weight is 325 g/mol. The van der Waals surface area contributed by atoms with Crippen molar-refractivity contribution in [1.29, 1.82) is 0 Å². The lowest BCUT2D eigenvalue weighted by molar-refractivity contribution is -0.130. The third-order valence-electron chi connectivity index (χ3n) is 4.16. The van der Waals surface area contributed by atoms with Gasteiger partial charge in [0.1, 0.15) is 5.75 Å². The number of carbonyl (C=O) groups excluding carboxylic acids is 1. The van der Waals surface area contributed by atoms with E-state index in [1.165, 1.54) is 5.56 Å². The number of benzene rings is 2. The largest absolute Gasteiger partial charge is 0.494 e. The lowest BCUT2D eigenvalue weighted by Crippen LogP contribution is -2.26. The quantitative estimate of drug-likeness (QED) is 0.726. The fourth-order valence-corrected chi connectivity index (χ4v) is 2.68. The summed E-state index contributed by atoms with van der Waals surface area (Å²) in [6.07, 6.45) is 2.23. The van der Waals surface area contributed by atoms with Crippen molar-refractivity contribution in [2.45, 2.75) is 39.7 Å². The summed E-state index contributed by atoms with van der Waals surface area (Å²) >= 11 is 0. The Hall–Kier alpha value is -2.29. The van der Waals surface area contributed by atoms with Crippen LogP contribution >= 0.6 is 0 Å². The van der Waals surface area contributed by atoms with E-state index < -0.39 is 0 Å². The van der Waals surface area contributed by atoms with Crippen LogP contribution in [0, 0.1) is 0 Å². The Morgan fingerprint density at radius 3 is 2.33 bits per heavy atom. The predicted molar refractivity (Wildman–Crippen MR) is 98.2 cm³/mol. The molecule has 0 saturated heterocycles. The molecule has 2 rings (SSSR count). The van der Waals surface area contributed by atoms with Crippen molar-refractivity contribution < 1.29 is 9.53 Å². The molecule has 0 radical (unpaired) electrons. The van der Waals surface area contributed by atoms with E-state index in [0.29, 0.717) is 26.0 Å². The molecule has 2 aromatic rings. The minimum Gasteiger partial charge on any atom is -0.494 e. The highest BCUT2D eigenvalue weighted by Crippen LogP contribution is 2.20. The van der Waals surface area contributed by atoms with E-state index in [-0.39, 0.29) is 5.91 Å². The number of aryl methyl sites for hydroxylation is 2. The van der Waals surface area contributed by atoms with Crippen LogP contribution in [0.2, 0.25) is 0 Å². The molecule has 0 heterocycles. The molecule has 0 saturated carbocycles. The summed E-state index contributed by atoms with van der Waals surface area (Å²) in [5.74, 6) is 1.03. The molecule has 0 N–H and O–H groups in total. The lowest BCUT2D eigenvalue weighted by atomic mass is 10.1. The van der Waals surface area contributed by atoms with Gasteiger partial charge in [-0.25, -0.2) is 0 Å². The molecule has 0 aliphatic carbocycles. The monoisotopic (exact) mass is 325 g/mol. The molecule has 0 unspecified atom stereocenters. The van der Waals surface area contributed by atoms with E-state index in [9.17, 15) is 4.79 Å². The van der Waals surface area contributed by atoms with Crippen LogP contribution in [0.25, 0.3) is 0 Å². The van der Waals surface area contributed by atoms with Crippen LogP contribution in [-0.2, 0) is 24.2 Å². The van der Waals surface area contributed by atoms with Crippen LogP contribution in [-0.4, -0.2) is 24.5 Å². The number of carbonyl (C=O) groups is 1. The van der Waals surface area contributed by atoms with Crippen LogP contribution < -0.4 is 4.74 Å². The van der Waals surface area contributed by atoms with Gasteiger partial charge in [0.2, 0.25) is 5.91 Å². The van der Waals surface area contributed by atoms with Gasteiger partial charge in [-0.3, -0.25) is 4.79 Å². The highest BCUT2D eigenvalue weighted by Gasteiger charge is 2.11. The summed E-state index contributed by atoms with van der Waals surface area (Å²) < 4.78 is 5.62. The SMILES string of the molecule is CCOc1ccccc1CCC(=O)N(C)Cc1ccc(CC)cc1. The normalized spacial score (nSPS) is 10.5. The van der Waals surface area contributed by atoms with E-state index in [0.717, 1.165) is 23.3 Å². The number of hydrogen-bond donors (Lipinski definition) is 0. The fraction of sp³-hybridized carbons (Fsp3) is 0.381. The first-order valence-electron chi connectivity index (χ1n) is 8.66. The van der Waals surface area contributed by atoms with Gasteiger partial charge in [0, 0.05) is 20.0 Å². The maximum absolute atomic E-state index is 12.4. The van der Waals surface area contributed by atoms with Gasteiger partial charge in [-0.1, -0.05) is 49.4 Å². The van der Waals surface area contributed by atoms with E-state index in [1.807, 2.05) is 38.2 Å². The van der Waals surface area contributed by atoms with Crippen molar-refractivity contribution in [2.75, 3.05) is 13.7 Å². The topological polar surface area (TPSA) is 29.5 Å². The van der Waals surface area contributed by atoms with Gasteiger partial charge in [0.05, 0.1) is 6.61 Å². The average Bonchev–Trinajstić information content (AvgIpc) is 2.61. The van der Waals surface area contributed by atoms with Gasteiger partial charge in [-0.15, -0.1) is 0 Å². The maximum Gasteiger partial charge on any atom is 0.222 e. The van der Waals surface area contributed by atoms with Crippen LogP contribution in [0.4, 0.5) is 0 Å². The van der Waals surface area contributed by atoms with Crippen LogP contribution in [0.5, 0.6) is 5.75 Å². The van der Waals surface area contributed by atoms with E-state index >= 15 is 0 Å². The molecule has 0 spiro atoms. The van der Waals surface area contributed by atoms with Gasteiger partial charge in [-0.05, 0) is 42.5 Å². The Morgan fingerprint density at radius 1 is 1.00 bits per heavy atom. The number of rotatable bonds is 8. The first kappa shape index (κ1) is 18.1. The Labute approximate surface area is 145 Å². The second kappa shape index (κ2) is 9.11. The molecule has 0 fully saturated rings. The molecule has 3 heteroatoms. The minimum atomic E-state index is 0.154. The van der Waals surface area contributed by atoms with Gasteiger partial charge in [0.25, 0.3) is 0 Å². The number of para-hydroxylation sites is 1. The second-order valence-electron chi connectivity index (χ2n) is 5.96. The van der Waals surface area contributed by atoms with Crippen LogP contribution in [0.15, 0.2) is 48.5 Å². The fourth-order valence-electron chi connectivity index (χ4n) is 2.68. The summed E-state index contributed by atoms with van der Waals surface area (Å²) in [5.41, 5.74) is 3.58. The highest BCUT2D eigenvalue weighted by molar-refractivity contribution is 5.76. The van der Waals surface area contributed by atoms with Crippen molar-refractivity contribution in [2.24, 2.45) is 0 Å². The molecule has 1 amide bonds. The molecule has 0 bridgehead atoms. The van der Waals surface area contributed by atoms with Crippen molar-refractivity contribution in [3.63, 3.8) is 0 Å². The van der Waals surface area contributed by atoms with Crippen molar-refractivity contribution >= 4 is 5.91 Å². The highest BCUT2D eigenvalue weighted by atomic mass is 16.5. The third-order valence-corrected chi connectivity index (χ3v) is 4.16. The first-order chi connectivity index (χ1) is 11.6. The number of nitrogens with zero attached hydrogens (tertiary/aromatic N) is 1. The van der Waals surface area contributed by atoms with Gasteiger partial charge >= 0.3 is 0 Å². The molecule has 2 aromatic carbocycles. The first-order valence-corrected chi connectivity index (χ1v) is 8.66. The predicted octanol–water partition coefficient (Wildman–Crippen LogP) is 4.24. The molecule has 0 atom stereocenters. The molecule has 24 heavy (non-hydrogen) atoms. The molecule has 3 nitrogen and oxygen atoms in total. The Bertz CT molecular complexity index is 649. The van der Waals surface area contributed by atoms with E-state index in [2.05, 4.69) is 31.2 Å². The Balaban J connectivity index is 1.89. The molecule has 0 aliphatic rings. The van der Waals surface area contributed by atoms with Crippen molar-refractivity contribution in [3.05, 3.63) is 65.2 Å². The van der Waals surface area contributed by atoms with Crippen molar-refractivity contribution in [3.8, 4) is 5.75 Å². The molecule has 128 valence electrons. The molecule has 0 aliphatic heterocycles. The smallest absolute Gasteiger partial charge is 0.222 e. The van der Waals surface area contributed by atoms with E-state index in [1.54, 1.807) is 4.90 Å². The number of ether oxygens (including phenoxy) is 1. The lowest BCUT2D eigenvalue weighted by Gasteiger charge is -2.18. The van der Waals surface area contributed by atoms with Gasteiger partial charge in [-0.2, -0.15) is 0 Å². The zero-order valence-corrected chi connectivity index (χ0v) is 14.9. The summed E-state index contributed by atoms with van der Waals surface area (Å²) in [4.78, 5) is 14.2.